The lowest BCUT2D eigenvalue weighted by Crippen LogP contribution is -2.37. The summed E-state index contributed by atoms with van der Waals surface area (Å²) >= 11 is 0. The van der Waals surface area contributed by atoms with Crippen LogP contribution in [0.15, 0.2) is 41.6 Å². The molecule has 3 aromatic rings. The largest absolute Gasteiger partial charge is 0.341 e. The molecule has 26 heavy (non-hydrogen) atoms. The summed E-state index contributed by atoms with van der Waals surface area (Å²) in [5.74, 6) is 1.66. The molecule has 0 N–H and O–H groups in total. The smallest absolute Gasteiger partial charge is 0.253 e. The molecule has 0 unspecified atom stereocenters. The van der Waals surface area contributed by atoms with Gasteiger partial charge in [-0.15, -0.1) is 10.2 Å². The molecule has 4 rings (SSSR count). The standard InChI is InChI=1S/C19H24N6O/c1-14(2)16-11-18(26)24(13-20-16)12-15-6-9-23(10-7-15)19-22-21-17-5-3-4-8-25(17)19/h3-5,8,11,13-15H,6-7,9-10,12H2,1-2H3. The molecular formula is C19H24N6O. The summed E-state index contributed by atoms with van der Waals surface area (Å²) in [5.41, 5.74) is 1.78. The third-order valence-electron chi connectivity index (χ3n) is 5.14. The van der Waals surface area contributed by atoms with Crippen LogP contribution in [-0.4, -0.2) is 37.2 Å². The Hall–Kier alpha value is -2.70. The Kier molecular flexibility index (Phi) is 4.44. The normalized spacial score (nSPS) is 15.9. The number of pyridine rings is 1. The zero-order valence-electron chi connectivity index (χ0n) is 15.2. The quantitative estimate of drug-likeness (QED) is 0.721. The van der Waals surface area contributed by atoms with Gasteiger partial charge in [-0.1, -0.05) is 19.9 Å². The van der Waals surface area contributed by atoms with Crippen molar-refractivity contribution in [2.45, 2.75) is 39.2 Å². The molecule has 0 bridgehead atoms. The molecule has 1 aliphatic rings. The topological polar surface area (TPSA) is 68.3 Å². The van der Waals surface area contributed by atoms with Crippen LogP contribution in [0.3, 0.4) is 0 Å². The summed E-state index contributed by atoms with van der Waals surface area (Å²) < 4.78 is 3.78. The van der Waals surface area contributed by atoms with Crippen molar-refractivity contribution in [3.8, 4) is 0 Å². The van der Waals surface area contributed by atoms with Crippen LogP contribution in [-0.2, 0) is 6.54 Å². The summed E-state index contributed by atoms with van der Waals surface area (Å²) in [6, 6.07) is 7.59. The van der Waals surface area contributed by atoms with E-state index in [-0.39, 0.29) is 11.5 Å². The van der Waals surface area contributed by atoms with Crippen LogP contribution in [0.5, 0.6) is 0 Å². The van der Waals surface area contributed by atoms with Gasteiger partial charge in [0, 0.05) is 31.9 Å². The van der Waals surface area contributed by atoms with Crippen LogP contribution in [0.2, 0.25) is 0 Å². The Labute approximate surface area is 152 Å². The average molecular weight is 352 g/mol. The number of rotatable bonds is 4. The van der Waals surface area contributed by atoms with Crippen molar-refractivity contribution in [2.24, 2.45) is 5.92 Å². The maximum Gasteiger partial charge on any atom is 0.253 e. The summed E-state index contributed by atoms with van der Waals surface area (Å²) in [6.45, 7) is 6.68. The second-order valence-corrected chi connectivity index (χ2v) is 7.32. The highest BCUT2D eigenvalue weighted by molar-refractivity contribution is 5.46. The molecule has 136 valence electrons. The van der Waals surface area contributed by atoms with E-state index in [0.29, 0.717) is 5.92 Å². The third-order valence-corrected chi connectivity index (χ3v) is 5.14. The van der Waals surface area contributed by atoms with Crippen LogP contribution >= 0.6 is 0 Å². The van der Waals surface area contributed by atoms with Crippen molar-refractivity contribution >= 4 is 11.6 Å². The lowest BCUT2D eigenvalue weighted by Gasteiger charge is -2.32. The first-order chi connectivity index (χ1) is 12.6. The van der Waals surface area contributed by atoms with Gasteiger partial charge in [0.2, 0.25) is 5.95 Å². The summed E-state index contributed by atoms with van der Waals surface area (Å²) in [4.78, 5) is 19.0. The van der Waals surface area contributed by atoms with Gasteiger partial charge in [0.05, 0.1) is 12.0 Å². The fourth-order valence-electron chi connectivity index (χ4n) is 3.53. The second kappa shape index (κ2) is 6.90. The number of piperidine rings is 1. The van der Waals surface area contributed by atoms with E-state index in [0.717, 1.165) is 49.8 Å². The molecule has 0 spiro atoms. The van der Waals surface area contributed by atoms with E-state index >= 15 is 0 Å². The molecule has 7 heteroatoms. The highest BCUT2D eigenvalue weighted by atomic mass is 16.1. The minimum absolute atomic E-state index is 0.0505. The van der Waals surface area contributed by atoms with Crippen molar-refractivity contribution < 1.29 is 0 Å². The molecule has 4 heterocycles. The van der Waals surface area contributed by atoms with E-state index in [2.05, 4.69) is 33.9 Å². The predicted molar refractivity (Wildman–Crippen MR) is 101 cm³/mol. The Bertz CT molecular complexity index is 952. The minimum Gasteiger partial charge on any atom is -0.341 e. The van der Waals surface area contributed by atoms with Crippen LogP contribution in [0, 0.1) is 5.92 Å². The predicted octanol–water partition coefficient (Wildman–Crippen LogP) is 2.33. The zero-order valence-corrected chi connectivity index (χ0v) is 15.2. The van der Waals surface area contributed by atoms with E-state index < -0.39 is 0 Å². The summed E-state index contributed by atoms with van der Waals surface area (Å²) in [7, 11) is 0. The van der Waals surface area contributed by atoms with Gasteiger partial charge in [0.1, 0.15) is 0 Å². The molecule has 3 aromatic heterocycles. The van der Waals surface area contributed by atoms with Gasteiger partial charge in [-0.25, -0.2) is 4.98 Å². The maximum atomic E-state index is 12.3. The molecule has 1 aliphatic heterocycles. The first-order valence-electron chi connectivity index (χ1n) is 9.23. The van der Waals surface area contributed by atoms with Crippen molar-refractivity contribution in [3.63, 3.8) is 0 Å². The number of hydrogen-bond acceptors (Lipinski definition) is 5. The van der Waals surface area contributed by atoms with Crippen molar-refractivity contribution in [3.05, 3.63) is 52.8 Å². The lowest BCUT2D eigenvalue weighted by atomic mass is 9.97. The van der Waals surface area contributed by atoms with Crippen LogP contribution in [0.1, 0.15) is 38.3 Å². The Morgan fingerprint density at radius 1 is 1.19 bits per heavy atom. The first-order valence-corrected chi connectivity index (χ1v) is 9.23. The molecule has 7 nitrogen and oxygen atoms in total. The van der Waals surface area contributed by atoms with Gasteiger partial charge in [0.25, 0.3) is 5.56 Å². The number of hydrogen-bond donors (Lipinski definition) is 0. The summed E-state index contributed by atoms with van der Waals surface area (Å²) in [5, 5.41) is 8.57. The van der Waals surface area contributed by atoms with Crippen molar-refractivity contribution in [1.82, 2.24) is 24.1 Å². The SMILES string of the molecule is CC(C)c1cc(=O)n(CC2CCN(c3nnc4ccccn34)CC2)cn1. The maximum absolute atomic E-state index is 12.3. The average Bonchev–Trinajstić information content (AvgIpc) is 3.08. The Balaban J connectivity index is 1.42. The Morgan fingerprint density at radius 3 is 2.73 bits per heavy atom. The molecule has 0 saturated carbocycles. The van der Waals surface area contributed by atoms with Gasteiger partial charge in [-0.2, -0.15) is 0 Å². The zero-order chi connectivity index (χ0) is 18.1. The molecule has 0 amide bonds. The van der Waals surface area contributed by atoms with Gasteiger partial charge < -0.3 is 4.90 Å². The minimum atomic E-state index is 0.0505. The van der Waals surface area contributed by atoms with Gasteiger partial charge >= 0.3 is 0 Å². The van der Waals surface area contributed by atoms with Crippen LogP contribution in [0.25, 0.3) is 5.65 Å². The monoisotopic (exact) mass is 352 g/mol. The highest BCUT2D eigenvalue weighted by Crippen LogP contribution is 2.23. The van der Waals surface area contributed by atoms with E-state index in [1.807, 2.05) is 28.8 Å². The van der Waals surface area contributed by atoms with E-state index in [1.54, 1.807) is 17.0 Å². The summed E-state index contributed by atoms with van der Waals surface area (Å²) in [6.07, 6.45) is 5.76. The first kappa shape index (κ1) is 16.8. The van der Waals surface area contributed by atoms with Crippen LogP contribution in [0.4, 0.5) is 5.95 Å². The molecule has 0 aromatic carbocycles. The van der Waals surface area contributed by atoms with Gasteiger partial charge in [-0.3, -0.25) is 13.8 Å². The molecular weight excluding hydrogens is 328 g/mol. The second-order valence-electron chi connectivity index (χ2n) is 7.32. The molecule has 0 atom stereocenters. The van der Waals surface area contributed by atoms with Gasteiger partial charge in [0.15, 0.2) is 5.65 Å². The number of anilines is 1. The van der Waals surface area contributed by atoms with E-state index in [1.165, 1.54) is 0 Å². The highest BCUT2D eigenvalue weighted by Gasteiger charge is 2.23. The van der Waals surface area contributed by atoms with Gasteiger partial charge in [-0.05, 0) is 36.8 Å². The van der Waals surface area contributed by atoms with E-state index in [9.17, 15) is 4.79 Å². The van der Waals surface area contributed by atoms with Crippen molar-refractivity contribution in [2.75, 3.05) is 18.0 Å². The third kappa shape index (κ3) is 3.21. The molecule has 1 fully saturated rings. The lowest BCUT2D eigenvalue weighted by molar-refractivity contribution is 0.348. The molecule has 1 saturated heterocycles. The van der Waals surface area contributed by atoms with Crippen molar-refractivity contribution in [1.29, 1.82) is 0 Å². The van der Waals surface area contributed by atoms with E-state index in [4.69, 9.17) is 0 Å². The molecule has 0 aliphatic carbocycles. The fraction of sp³-hybridized carbons (Fsp3) is 0.474. The number of aromatic nitrogens is 5. The number of nitrogens with zero attached hydrogens (tertiary/aromatic N) is 6. The molecule has 0 radical (unpaired) electrons. The number of fused-ring (bicyclic) bond motifs is 1. The fourth-order valence-corrected chi connectivity index (χ4v) is 3.53. The Morgan fingerprint density at radius 2 is 2.00 bits per heavy atom. The van der Waals surface area contributed by atoms with Crippen LogP contribution < -0.4 is 10.5 Å².